The molecule has 6 heteroatoms. The summed E-state index contributed by atoms with van der Waals surface area (Å²) in [5.74, 6) is -1.32. The van der Waals surface area contributed by atoms with Gasteiger partial charge in [0, 0.05) is 17.1 Å². The molecular formula is C17H18N2O3S. The van der Waals surface area contributed by atoms with Gasteiger partial charge in [-0.1, -0.05) is 24.3 Å². The monoisotopic (exact) mass is 330 g/mol. The van der Waals surface area contributed by atoms with Gasteiger partial charge in [-0.05, 0) is 36.4 Å². The van der Waals surface area contributed by atoms with E-state index in [1.807, 2.05) is 30.3 Å². The normalized spacial score (nSPS) is 10.8. The largest absolute Gasteiger partial charge is 0.356 e. The number of rotatable bonds is 7. The Hall–Kier alpha value is -2.60. The Morgan fingerprint density at radius 1 is 0.957 bits per heavy atom. The molecule has 0 spiro atoms. The van der Waals surface area contributed by atoms with Crippen LogP contribution in [0.2, 0.25) is 0 Å². The average molecular weight is 330 g/mol. The number of amides is 1. The first-order valence-corrected chi connectivity index (χ1v) is 8.84. The molecule has 0 unspecified atom stereocenters. The van der Waals surface area contributed by atoms with Crippen LogP contribution in [-0.4, -0.2) is 25.8 Å². The average Bonchev–Trinajstić information content (AvgIpc) is 2.49. The molecule has 0 fully saturated rings. The number of hydrogen-bond acceptors (Lipinski definition) is 4. The van der Waals surface area contributed by atoms with Gasteiger partial charge in [0.05, 0.1) is 5.75 Å². The quantitative estimate of drug-likeness (QED) is 0.765. The van der Waals surface area contributed by atoms with Crippen LogP contribution in [0.25, 0.3) is 0 Å². The standard InChI is InChI=1S/C17H18N2O3S/c1-2-12-23(21,22)13-17(20)19-16-10-8-15(9-11-16)18-14-6-4-3-5-7-14/h2-11,18H,1,12-13H2,(H,19,20). The Bertz CT molecular complexity index is 769. The molecule has 0 aliphatic carbocycles. The van der Waals surface area contributed by atoms with Crippen LogP contribution in [0.15, 0.2) is 67.3 Å². The smallest absolute Gasteiger partial charge is 0.239 e. The van der Waals surface area contributed by atoms with E-state index in [9.17, 15) is 13.2 Å². The number of benzene rings is 2. The van der Waals surface area contributed by atoms with E-state index in [1.165, 1.54) is 6.08 Å². The number of sulfone groups is 1. The third-order valence-electron chi connectivity index (χ3n) is 2.95. The predicted molar refractivity (Wildman–Crippen MR) is 93.6 cm³/mol. The summed E-state index contributed by atoms with van der Waals surface area (Å²) < 4.78 is 23.1. The van der Waals surface area contributed by atoms with Gasteiger partial charge in [-0.3, -0.25) is 4.79 Å². The highest BCUT2D eigenvalue weighted by Gasteiger charge is 2.14. The van der Waals surface area contributed by atoms with Crippen molar-refractivity contribution in [3.63, 3.8) is 0 Å². The van der Waals surface area contributed by atoms with E-state index >= 15 is 0 Å². The van der Waals surface area contributed by atoms with Crippen molar-refractivity contribution in [2.24, 2.45) is 0 Å². The Balaban J connectivity index is 1.95. The van der Waals surface area contributed by atoms with Gasteiger partial charge in [-0.2, -0.15) is 0 Å². The Morgan fingerprint density at radius 3 is 2.13 bits per heavy atom. The van der Waals surface area contributed by atoms with Crippen molar-refractivity contribution in [1.82, 2.24) is 0 Å². The fourth-order valence-electron chi connectivity index (χ4n) is 1.96. The van der Waals surface area contributed by atoms with Crippen LogP contribution in [0.5, 0.6) is 0 Å². The lowest BCUT2D eigenvalue weighted by Crippen LogP contribution is -2.24. The van der Waals surface area contributed by atoms with E-state index < -0.39 is 21.5 Å². The second-order valence-electron chi connectivity index (χ2n) is 4.96. The summed E-state index contributed by atoms with van der Waals surface area (Å²) in [6.45, 7) is 3.36. The molecule has 2 rings (SSSR count). The van der Waals surface area contributed by atoms with Gasteiger partial charge >= 0.3 is 0 Å². The maximum Gasteiger partial charge on any atom is 0.239 e. The van der Waals surface area contributed by atoms with E-state index in [0.717, 1.165) is 11.4 Å². The van der Waals surface area contributed by atoms with Crippen molar-refractivity contribution in [2.45, 2.75) is 0 Å². The molecule has 0 atom stereocenters. The van der Waals surface area contributed by atoms with Gasteiger partial charge in [0.25, 0.3) is 0 Å². The number of carbonyl (C=O) groups is 1. The molecule has 1 amide bonds. The first kappa shape index (κ1) is 16.8. The van der Waals surface area contributed by atoms with Crippen LogP contribution in [0.1, 0.15) is 0 Å². The zero-order chi connectivity index (χ0) is 16.7. The van der Waals surface area contributed by atoms with Crippen LogP contribution in [0, 0.1) is 0 Å². The van der Waals surface area contributed by atoms with Gasteiger partial charge < -0.3 is 10.6 Å². The third-order valence-corrected chi connectivity index (χ3v) is 4.40. The molecule has 0 saturated carbocycles. The van der Waals surface area contributed by atoms with Gasteiger partial charge in [0.1, 0.15) is 5.75 Å². The lowest BCUT2D eigenvalue weighted by Gasteiger charge is -2.08. The maximum absolute atomic E-state index is 11.7. The fourth-order valence-corrected chi connectivity index (χ4v) is 2.91. The summed E-state index contributed by atoms with van der Waals surface area (Å²) in [5, 5.41) is 5.79. The summed E-state index contributed by atoms with van der Waals surface area (Å²) in [6, 6.07) is 16.7. The number of anilines is 3. The van der Waals surface area contributed by atoms with E-state index in [0.29, 0.717) is 5.69 Å². The van der Waals surface area contributed by atoms with Gasteiger partial charge in [0.2, 0.25) is 5.91 Å². The number of para-hydroxylation sites is 1. The molecule has 23 heavy (non-hydrogen) atoms. The summed E-state index contributed by atoms with van der Waals surface area (Å²) in [6.07, 6.45) is 1.27. The summed E-state index contributed by atoms with van der Waals surface area (Å²) in [5.41, 5.74) is 2.37. The first-order chi connectivity index (χ1) is 11.0. The zero-order valence-electron chi connectivity index (χ0n) is 12.5. The Morgan fingerprint density at radius 2 is 1.52 bits per heavy atom. The predicted octanol–water partition coefficient (Wildman–Crippen LogP) is 2.97. The minimum Gasteiger partial charge on any atom is -0.356 e. The fraction of sp³-hybridized carbons (Fsp3) is 0.118. The van der Waals surface area contributed by atoms with E-state index in [1.54, 1.807) is 24.3 Å². The molecule has 2 aromatic rings. The van der Waals surface area contributed by atoms with Crippen LogP contribution >= 0.6 is 0 Å². The van der Waals surface area contributed by atoms with Crippen molar-refractivity contribution >= 4 is 32.8 Å². The van der Waals surface area contributed by atoms with Crippen LogP contribution < -0.4 is 10.6 Å². The summed E-state index contributed by atoms with van der Waals surface area (Å²) in [4.78, 5) is 11.7. The van der Waals surface area contributed by atoms with Crippen molar-refractivity contribution in [3.8, 4) is 0 Å². The van der Waals surface area contributed by atoms with Crippen molar-refractivity contribution in [3.05, 3.63) is 67.3 Å². The van der Waals surface area contributed by atoms with Crippen LogP contribution in [0.4, 0.5) is 17.1 Å². The topological polar surface area (TPSA) is 75.3 Å². The molecule has 0 heterocycles. The van der Waals surface area contributed by atoms with E-state index in [4.69, 9.17) is 0 Å². The molecule has 5 nitrogen and oxygen atoms in total. The second-order valence-corrected chi connectivity index (χ2v) is 7.07. The highest BCUT2D eigenvalue weighted by atomic mass is 32.2. The van der Waals surface area contributed by atoms with E-state index in [2.05, 4.69) is 17.2 Å². The number of hydrogen-bond donors (Lipinski definition) is 2. The van der Waals surface area contributed by atoms with Crippen LogP contribution in [-0.2, 0) is 14.6 Å². The molecule has 2 aromatic carbocycles. The Kier molecular flexibility index (Phi) is 5.54. The van der Waals surface area contributed by atoms with Crippen molar-refractivity contribution in [2.75, 3.05) is 22.1 Å². The molecule has 0 saturated heterocycles. The minimum atomic E-state index is -3.44. The lowest BCUT2D eigenvalue weighted by atomic mass is 10.2. The van der Waals surface area contributed by atoms with Gasteiger partial charge in [-0.25, -0.2) is 8.42 Å². The second kappa shape index (κ2) is 7.60. The molecule has 0 bridgehead atoms. The molecule has 0 aromatic heterocycles. The molecular weight excluding hydrogens is 312 g/mol. The third kappa shape index (κ3) is 5.60. The number of carbonyl (C=O) groups excluding carboxylic acids is 1. The van der Waals surface area contributed by atoms with Gasteiger partial charge in [-0.15, -0.1) is 6.58 Å². The highest BCUT2D eigenvalue weighted by molar-refractivity contribution is 7.92. The first-order valence-electron chi connectivity index (χ1n) is 7.02. The molecule has 120 valence electrons. The zero-order valence-corrected chi connectivity index (χ0v) is 13.3. The molecule has 2 N–H and O–H groups in total. The minimum absolute atomic E-state index is 0.208. The molecule has 0 aliphatic rings. The maximum atomic E-state index is 11.7. The van der Waals surface area contributed by atoms with E-state index in [-0.39, 0.29) is 5.75 Å². The lowest BCUT2D eigenvalue weighted by molar-refractivity contribution is -0.113. The number of nitrogens with one attached hydrogen (secondary N) is 2. The molecule has 0 aliphatic heterocycles. The Labute approximate surface area is 136 Å². The van der Waals surface area contributed by atoms with Gasteiger partial charge in [0.15, 0.2) is 9.84 Å². The summed E-state index contributed by atoms with van der Waals surface area (Å²) in [7, 11) is -3.44. The van der Waals surface area contributed by atoms with Crippen LogP contribution in [0.3, 0.4) is 0 Å². The van der Waals surface area contributed by atoms with Crippen molar-refractivity contribution < 1.29 is 13.2 Å². The van der Waals surface area contributed by atoms with Crippen molar-refractivity contribution in [1.29, 1.82) is 0 Å². The highest BCUT2D eigenvalue weighted by Crippen LogP contribution is 2.18. The molecule has 0 radical (unpaired) electrons. The summed E-state index contributed by atoms with van der Waals surface area (Å²) >= 11 is 0. The SMILES string of the molecule is C=CCS(=O)(=O)CC(=O)Nc1ccc(Nc2ccccc2)cc1.